The zero-order valence-electron chi connectivity index (χ0n) is 13.6. The van der Waals surface area contributed by atoms with E-state index in [0.29, 0.717) is 11.8 Å². The molecule has 124 valence electrons. The largest absolute Gasteiger partial charge is 0.492 e. The number of hydrogen-bond acceptors (Lipinski definition) is 5. The van der Waals surface area contributed by atoms with E-state index in [1.165, 1.54) is 50.5 Å². The molecule has 1 N–H and O–H groups in total. The molecule has 0 atom stereocenters. The standard InChI is InChI=1S/C17H24N4OS/c1-23-17(19-14-18)20-15-6-8-16(9-7-15)22-13-12-21-10-4-2-3-5-11-21/h6-9H,2-5,10-13H2,1H3,(H,19,20). The van der Waals surface area contributed by atoms with Gasteiger partial charge < -0.3 is 4.74 Å². The van der Waals surface area contributed by atoms with Gasteiger partial charge in [0.1, 0.15) is 12.4 Å². The summed E-state index contributed by atoms with van der Waals surface area (Å²) >= 11 is 1.40. The third-order valence-corrected chi connectivity index (χ3v) is 4.38. The van der Waals surface area contributed by atoms with Crippen LogP contribution < -0.4 is 10.1 Å². The molecule has 6 heteroatoms. The lowest BCUT2D eigenvalue weighted by Crippen LogP contribution is -2.29. The summed E-state index contributed by atoms with van der Waals surface area (Å²) in [5.41, 5.74) is 0.803. The number of benzene rings is 1. The summed E-state index contributed by atoms with van der Waals surface area (Å²) in [7, 11) is 0. The van der Waals surface area contributed by atoms with Gasteiger partial charge in [0.25, 0.3) is 0 Å². The Morgan fingerprint density at radius 1 is 1.26 bits per heavy atom. The van der Waals surface area contributed by atoms with Crippen molar-refractivity contribution in [1.29, 1.82) is 5.26 Å². The van der Waals surface area contributed by atoms with Gasteiger partial charge in [-0.2, -0.15) is 5.26 Å². The van der Waals surface area contributed by atoms with Crippen LogP contribution in [0, 0.1) is 11.5 Å². The maximum Gasteiger partial charge on any atom is 0.183 e. The van der Waals surface area contributed by atoms with Gasteiger partial charge in [0.05, 0.1) is 5.69 Å². The lowest BCUT2D eigenvalue weighted by atomic mass is 10.2. The van der Waals surface area contributed by atoms with E-state index in [2.05, 4.69) is 15.2 Å². The van der Waals surface area contributed by atoms with Crippen LogP contribution in [0.3, 0.4) is 0 Å². The van der Waals surface area contributed by atoms with E-state index in [1.807, 2.05) is 36.7 Å². The van der Waals surface area contributed by atoms with Crippen LogP contribution in [0.1, 0.15) is 25.7 Å². The molecule has 0 radical (unpaired) electrons. The van der Waals surface area contributed by atoms with Gasteiger partial charge in [-0.25, -0.2) is 4.99 Å². The molecule has 1 heterocycles. The van der Waals surface area contributed by atoms with Gasteiger partial charge in [-0.3, -0.25) is 10.2 Å². The van der Waals surface area contributed by atoms with Gasteiger partial charge in [-0.05, 0) is 56.5 Å². The second-order valence-electron chi connectivity index (χ2n) is 5.46. The van der Waals surface area contributed by atoms with Crippen LogP contribution in [0.2, 0.25) is 0 Å². The molecule has 1 aromatic rings. The molecule has 2 rings (SSSR count). The first kappa shape index (κ1) is 17.6. The molecule has 0 spiro atoms. The molecule has 1 aromatic carbocycles. The first-order chi connectivity index (χ1) is 11.3. The summed E-state index contributed by atoms with van der Waals surface area (Å²) in [6.07, 6.45) is 9.09. The second-order valence-corrected chi connectivity index (χ2v) is 6.25. The Balaban J connectivity index is 1.79. The van der Waals surface area contributed by atoms with Crippen molar-refractivity contribution in [3.8, 4) is 11.9 Å². The second kappa shape index (κ2) is 10.1. The highest BCUT2D eigenvalue weighted by atomic mass is 32.2. The van der Waals surface area contributed by atoms with Crippen LogP contribution in [0.15, 0.2) is 29.3 Å². The summed E-state index contributed by atoms with van der Waals surface area (Å²) in [5, 5.41) is 11.8. The maximum absolute atomic E-state index is 8.63. The summed E-state index contributed by atoms with van der Waals surface area (Å²) in [6.45, 7) is 4.10. The first-order valence-electron chi connectivity index (χ1n) is 8.05. The van der Waals surface area contributed by atoms with Crippen LogP contribution in [0.4, 0.5) is 5.69 Å². The van der Waals surface area contributed by atoms with Gasteiger partial charge in [-0.15, -0.1) is 0 Å². The quantitative estimate of drug-likeness (QED) is 0.388. The Kier molecular flexibility index (Phi) is 7.78. The molecule has 1 saturated heterocycles. The topological polar surface area (TPSA) is 60.6 Å². The third kappa shape index (κ3) is 6.51. The van der Waals surface area contributed by atoms with Crippen molar-refractivity contribution in [2.24, 2.45) is 4.99 Å². The zero-order valence-corrected chi connectivity index (χ0v) is 14.4. The van der Waals surface area contributed by atoms with Crippen LogP contribution in [-0.4, -0.2) is 42.6 Å². The highest BCUT2D eigenvalue weighted by Gasteiger charge is 2.08. The lowest BCUT2D eigenvalue weighted by molar-refractivity contribution is 0.214. The van der Waals surface area contributed by atoms with E-state index in [0.717, 1.165) is 18.0 Å². The molecule has 0 bridgehead atoms. The monoisotopic (exact) mass is 332 g/mol. The number of hydrogen-bond donors (Lipinski definition) is 1. The fraction of sp³-hybridized carbons (Fsp3) is 0.529. The van der Waals surface area contributed by atoms with E-state index in [-0.39, 0.29) is 0 Å². The number of amidine groups is 1. The minimum Gasteiger partial charge on any atom is -0.492 e. The van der Waals surface area contributed by atoms with Crippen molar-refractivity contribution < 1.29 is 4.74 Å². The van der Waals surface area contributed by atoms with Crippen molar-refractivity contribution >= 4 is 22.6 Å². The van der Waals surface area contributed by atoms with Crippen LogP contribution >= 0.6 is 11.8 Å². The molecule has 0 amide bonds. The molecule has 5 nitrogen and oxygen atoms in total. The average Bonchev–Trinajstić information content (AvgIpc) is 2.85. The molecular formula is C17H24N4OS. The fourth-order valence-corrected chi connectivity index (χ4v) is 2.90. The molecule has 1 fully saturated rings. The maximum atomic E-state index is 8.63. The minimum absolute atomic E-state index is 0.585. The fourth-order valence-electron chi connectivity index (χ4n) is 2.56. The smallest absolute Gasteiger partial charge is 0.183 e. The Labute approximate surface area is 142 Å². The lowest BCUT2D eigenvalue weighted by Gasteiger charge is -2.19. The molecule has 0 aliphatic carbocycles. The summed E-state index contributed by atoms with van der Waals surface area (Å²) in [5.74, 6) is 0.859. The van der Waals surface area contributed by atoms with E-state index in [1.54, 1.807) is 0 Å². The number of nitrogens with zero attached hydrogens (tertiary/aromatic N) is 3. The molecule has 23 heavy (non-hydrogen) atoms. The number of rotatable bonds is 5. The molecule has 1 aliphatic rings. The molecule has 0 unspecified atom stereocenters. The van der Waals surface area contributed by atoms with Crippen molar-refractivity contribution in [2.45, 2.75) is 25.7 Å². The third-order valence-electron chi connectivity index (χ3n) is 3.80. The van der Waals surface area contributed by atoms with Crippen molar-refractivity contribution in [3.63, 3.8) is 0 Å². The summed E-state index contributed by atoms with van der Waals surface area (Å²) in [6, 6.07) is 7.64. The van der Waals surface area contributed by atoms with Crippen LogP contribution in [0.5, 0.6) is 5.75 Å². The van der Waals surface area contributed by atoms with Crippen molar-refractivity contribution in [1.82, 2.24) is 10.2 Å². The highest BCUT2D eigenvalue weighted by molar-refractivity contribution is 8.13. The number of nitriles is 1. The first-order valence-corrected chi connectivity index (χ1v) is 9.27. The van der Waals surface area contributed by atoms with Crippen molar-refractivity contribution in [2.75, 3.05) is 32.5 Å². The Bertz CT molecular complexity index is 531. The predicted molar refractivity (Wildman–Crippen MR) is 96.2 cm³/mol. The minimum atomic E-state index is 0.585. The van der Waals surface area contributed by atoms with Gasteiger partial charge in [0, 0.05) is 6.54 Å². The van der Waals surface area contributed by atoms with Crippen molar-refractivity contribution in [3.05, 3.63) is 24.3 Å². The highest BCUT2D eigenvalue weighted by Crippen LogP contribution is 2.19. The number of ether oxygens (including phenoxy) is 1. The van der Waals surface area contributed by atoms with Crippen LogP contribution in [0.25, 0.3) is 0 Å². The van der Waals surface area contributed by atoms with E-state index in [9.17, 15) is 0 Å². The number of likely N-dealkylation sites (tertiary alicyclic amines) is 1. The predicted octanol–water partition coefficient (Wildman–Crippen LogP) is 3.36. The van der Waals surface area contributed by atoms with E-state index >= 15 is 0 Å². The number of aliphatic imine (C=N–C) groups is 1. The van der Waals surface area contributed by atoms with Gasteiger partial charge >= 0.3 is 0 Å². The van der Waals surface area contributed by atoms with Crippen LogP contribution in [-0.2, 0) is 0 Å². The number of nitrogens with one attached hydrogen (secondary N) is 1. The molecule has 1 aliphatic heterocycles. The van der Waals surface area contributed by atoms with Gasteiger partial charge in [0.2, 0.25) is 0 Å². The van der Waals surface area contributed by atoms with Gasteiger partial charge in [-0.1, -0.05) is 24.6 Å². The summed E-state index contributed by atoms with van der Waals surface area (Å²) in [4.78, 5) is 6.84. The average molecular weight is 332 g/mol. The Morgan fingerprint density at radius 3 is 2.57 bits per heavy atom. The SMILES string of the molecule is CSC(=Nc1ccc(OCCN2CCCCCC2)cc1)NC#N. The van der Waals surface area contributed by atoms with E-state index in [4.69, 9.17) is 10.00 Å². The Morgan fingerprint density at radius 2 is 1.96 bits per heavy atom. The molecule has 0 saturated carbocycles. The molecule has 0 aromatic heterocycles. The Hall–Kier alpha value is -1.71. The van der Waals surface area contributed by atoms with Gasteiger partial charge in [0.15, 0.2) is 11.4 Å². The summed E-state index contributed by atoms with van der Waals surface area (Å²) < 4.78 is 5.82. The molecular weight excluding hydrogens is 308 g/mol. The normalized spacial score (nSPS) is 16.4. The number of thioether (sulfide) groups is 1. The zero-order chi connectivity index (χ0) is 16.3. The van der Waals surface area contributed by atoms with E-state index < -0.39 is 0 Å².